The number of likely N-dealkylation sites (tertiary alicyclic amines) is 1. The van der Waals surface area contributed by atoms with Gasteiger partial charge in [-0.25, -0.2) is 0 Å². The van der Waals surface area contributed by atoms with Crippen molar-refractivity contribution >= 4 is 83.9 Å². The lowest BCUT2D eigenvalue weighted by Gasteiger charge is -2.33. The van der Waals surface area contributed by atoms with Crippen LogP contribution in [0.3, 0.4) is 0 Å². The summed E-state index contributed by atoms with van der Waals surface area (Å²) in [5.41, 5.74) is 11.4. The molecule has 0 spiro atoms. The Morgan fingerprint density at radius 2 is 1.39 bits per heavy atom. The maximum absolute atomic E-state index is 13.8. The van der Waals surface area contributed by atoms with Crippen LogP contribution in [-0.4, -0.2) is 168 Å². The fraction of sp³-hybridized carbons (Fsp3) is 0.762. The Morgan fingerprint density at radius 3 is 1.94 bits per heavy atom. The molecule has 1 fully saturated rings. The zero-order chi connectivity index (χ0) is 50.1. The summed E-state index contributed by atoms with van der Waals surface area (Å²) in [5, 5.41) is 27.8. The molecule has 1 aliphatic heterocycles. The molecule has 22 nitrogen and oxygen atoms in total. The number of carbonyl (C=O) groups excluding carboxylic acids is 10. The highest BCUT2D eigenvalue weighted by atomic mass is 32.2. The summed E-state index contributed by atoms with van der Waals surface area (Å²) >= 11 is 5.27. The standard InChI is InChI=1S/C42H74N10O12S2/c1-8-23(3)34(50-40(61)31-14-12-17-52(31)42(63)35(24(4)9-2)51-36(57)25(5)44)41(62)45-19-32(55)46-30(21-64-33(56)22-65)39(60)47-27(13-10-11-16-43)37(58)48-28(15-18-66-7)38(59)49-29(20-53)26(6)54/h20,23-31,34-35,54,65H,8-19,21-22,43-44H2,1-7H3,(H,45,62)(H,46,55)(H,47,60)(H,48,58)(H,49,59)(H,50,61)(H,51,57)/t23-,24-,25-,26+,27-,28-,29+,30-,31-,34-,35-/m0/s1. The normalized spacial score (nSPS) is 18.0. The largest absolute Gasteiger partial charge is 0.462 e. The van der Waals surface area contributed by atoms with E-state index in [1.54, 1.807) is 27.0 Å². The molecule has 0 unspecified atom stereocenters. The van der Waals surface area contributed by atoms with Crippen LogP contribution in [0.15, 0.2) is 0 Å². The number of nitrogens with one attached hydrogen (secondary N) is 7. The van der Waals surface area contributed by atoms with Gasteiger partial charge < -0.3 is 68.2 Å². The van der Waals surface area contributed by atoms with Gasteiger partial charge in [-0.3, -0.25) is 43.2 Å². The van der Waals surface area contributed by atoms with Crippen molar-refractivity contribution in [1.29, 1.82) is 0 Å². The van der Waals surface area contributed by atoms with Gasteiger partial charge in [0.25, 0.3) is 0 Å². The Kier molecular flexibility index (Phi) is 28.4. The first-order chi connectivity index (χ1) is 31.2. The number of thioether (sulfide) groups is 1. The minimum absolute atomic E-state index is 0.0432. The molecule has 11 atom stereocenters. The summed E-state index contributed by atoms with van der Waals surface area (Å²) in [6.45, 7) is 9.13. The van der Waals surface area contributed by atoms with Gasteiger partial charge in [0.1, 0.15) is 55.2 Å². The van der Waals surface area contributed by atoms with Crippen molar-refractivity contribution in [3.8, 4) is 0 Å². The molecule has 0 aliphatic carbocycles. The predicted molar refractivity (Wildman–Crippen MR) is 250 cm³/mol. The van der Waals surface area contributed by atoms with E-state index in [4.69, 9.17) is 16.2 Å². The van der Waals surface area contributed by atoms with Gasteiger partial charge in [0, 0.05) is 6.54 Å². The van der Waals surface area contributed by atoms with E-state index in [0.717, 1.165) is 0 Å². The molecule has 1 saturated heterocycles. The molecule has 8 amide bonds. The number of hydrogen-bond donors (Lipinski definition) is 11. The Morgan fingerprint density at radius 1 is 0.803 bits per heavy atom. The fourth-order valence-electron chi connectivity index (χ4n) is 6.67. The maximum Gasteiger partial charge on any atom is 0.315 e. The number of ether oxygens (including phenoxy) is 1. The maximum atomic E-state index is 13.8. The molecule has 1 rings (SSSR count). The number of aliphatic hydroxyl groups is 1. The number of aliphatic hydroxyl groups excluding tert-OH is 1. The molecule has 24 heteroatoms. The lowest BCUT2D eigenvalue weighted by molar-refractivity contribution is -0.144. The van der Waals surface area contributed by atoms with E-state index in [-0.39, 0.29) is 37.6 Å². The van der Waals surface area contributed by atoms with Crippen LogP contribution in [0.1, 0.15) is 92.9 Å². The number of unbranched alkanes of at least 4 members (excludes halogenated alkanes) is 1. The summed E-state index contributed by atoms with van der Waals surface area (Å²) in [5.74, 6) is -7.16. The van der Waals surface area contributed by atoms with Crippen molar-refractivity contribution in [3.05, 3.63) is 0 Å². The van der Waals surface area contributed by atoms with Crippen LogP contribution in [0.25, 0.3) is 0 Å². The van der Waals surface area contributed by atoms with Gasteiger partial charge in [-0.1, -0.05) is 40.5 Å². The van der Waals surface area contributed by atoms with E-state index < -0.39 is 127 Å². The molecule has 66 heavy (non-hydrogen) atoms. The van der Waals surface area contributed by atoms with E-state index in [2.05, 4.69) is 49.8 Å². The van der Waals surface area contributed by atoms with Crippen LogP contribution in [0.4, 0.5) is 0 Å². The first-order valence-electron chi connectivity index (χ1n) is 22.4. The van der Waals surface area contributed by atoms with Crippen LogP contribution in [0, 0.1) is 11.8 Å². The van der Waals surface area contributed by atoms with Crippen molar-refractivity contribution in [2.24, 2.45) is 23.3 Å². The molecular weight excluding hydrogens is 901 g/mol. The predicted octanol–water partition coefficient (Wildman–Crippen LogP) is -2.62. The Hall–Kier alpha value is -4.52. The van der Waals surface area contributed by atoms with E-state index in [1.165, 1.54) is 30.5 Å². The first kappa shape index (κ1) is 59.5. The third-order valence-electron chi connectivity index (χ3n) is 11.2. The van der Waals surface area contributed by atoms with Crippen molar-refractivity contribution in [1.82, 2.24) is 42.1 Å². The summed E-state index contributed by atoms with van der Waals surface area (Å²) in [6.07, 6.45) is 3.73. The highest BCUT2D eigenvalue weighted by Gasteiger charge is 2.41. The topological polar surface area (TPSA) is 340 Å². The average Bonchev–Trinajstić information content (AvgIpc) is 3.79. The molecule has 0 radical (unpaired) electrons. The molecule has 12 N–H and O–H groups in total. The number of nitrogens with two attached hydrogens (primary N) is 2. The van der Waals surface area contributed by atoms with Crippen molar-refractivity contribution < 1.29 is 57.8 Å². The second kappa shape index (κ2) is 31.5. The third-order valence-corrected chi connectivity index (χ3v) is 12.1. The zero-order valence-electron chi connectivity index (χ0n) is 39.2. The number of rotatable bonds is 31. The van der Waals surface area contributed by atoms with Gasteiger partial charge in [0.15, 0.2) is 0 Å². The number of esters is 1. The smallest absolute Gasteiger partial charge is 0.315 e. The quantitative estimate of drug-likeness (QED) is 0.0147. The number of hydrogen-bond acceptors (Lipinski definition) is 16. The minimum atomic E-state index is -1.59. The van der Waals surface area contributed by atoms with E-state index in [1.807, 2.05) is 6.92 Å². The molecule has 0 aromatic carbocycles. The van der Waals surface area contributed by atoms with Crippen LogP contribution >= 0.6 is 24.4 Å². The number of amides is 8. The van der Waals surface area contributed by atoms with Crippen LogP contribution in [0.5, 0.6) is 0 Å². The molecule has 1 aliphatic rings. The van der Waals surface area contributed by atoms with Crippen molar-refractivity contribution in [2.75, 3.05) is 44.0 Å². The van der Waals surface area contributed by atoms with E-state index in [9.17, 15) is 53.1 Å². The molecular formula is C42H74N10O12S2. The van der Waals surface area contributed by atoms with E-state index >= 15 is 0 Å². The van der Waals surface area contributed by atoms with Crippen LogP contribution in [0.2, 0.25) is 0 Å². The van der Waals surface area contributed by atoms with Crippen molar-refractivity contribution in [2.45, 2.75) is 147 Å². The van der Waals surface area contributed by atoms with Gasteiger partial charge in [0.2, 0.25) is 47.3 Å². The van der Waals surface area contributed by atoms with Crippen LogP contribution in [-0.2, 0) is 52.7 Å². The van der Waals surface area contributed by atoms with E-state index in [0.29, 0.717) is 50.6 Å². The first-order valence-corrected chi connectivity index (χ1v) is 24.5. The molecule has 0 aromatic heterocycles. The summed E-state index contributed by atoms with van der Waals surface area (Å²) in [4.78, 5) is 133. The third kappa shape index (κ3) is 20.1. The second-order valence-corrected chi connectivity index (χ2v) is 17.8. The molecule has 0 saturated carbocycles. The fourth-order valence-corrected chi connectivity index (χ4v) is 7.24. The number of carbonyl (C=O) groups is 10. The van der Waals surface area contributed by atoms with Gasteiger partial charge in [0.05, 0.1) is 24.4 Å². The summed E-state index contributed by atoms with van der Waals surface area (Å²) < 4.78 is 5.11. The van der Waals surface area contributed by atoms with Gasteiger partial charge in [-0.15, -0.1) is 0 Å². The zero-order valence-corrected chi connectivity index (χ0v) is 40.9. The van der Waals surface area contributed by atoms with Gasteiger partial charge in [-0.05, 0) is 82.8 Å². The number of aldehydes is 1. The molecule has 0 bridgehead atoms. The Labute approximate surface area is 397 Å². The minimum Gasteiger partial charge on any atom is -0.462 e. The second-order valence-electron chi connectivity index (χ2n) is 16.5. The Balaban J connectivity index is 3.24. The molecule has 376 valence electrons. The Bertz CT molecular complexity index is 1640. The average molecular weight is 975 g/mol. The number of nitrogens with zero attached hydrogens (tertiary/aromatic N) is 1. The molecule has 0 aromatic rings. The highest BCUT2D eigenvalue weighted by Crippen LogP contribution is 2.22. The van der Waals surface area contributed by atoms with Gasteiger partial charge in [-0.2, -0.15) is 24.4 Å². The SMILES string of the molecule is CC[C@H](C)[C@H](NC(=O)[C@@H]1CCCN1C(=O)[C@@H](NC(=O)[C@H](C)N)[C@@H](C)CC)C(=O)NCC(=O)N[C@@H](COC(=O)CS)C(=O)N[C@@H](CCCCN)C(=O)N[C@@H](CCSC)C(=O)N[C@H](C=O)[C@@H](C)O. The highest BCUT2D eigenvalue weighted by molar-refractivity contribution is 7.98. The lowest BCUT2D eigenvalue weighted by atomic mass is 9.96. The van der Waals surface area contributed by atoms with Gasteiger partial charge >= 0.3 is 5.97 Å². The van der Waals surface area contributed by atoms with Crippen LogP contribution < -0.4 is 48.7 Å². The summed E-state index contributed by atoms with van der Waals surface area (Å²) in [7, 11) is 0. The van der Waals surface area contributed by atoms with Crippen molar-refractivity contribution in [3.63, 3.8) is 0 Å². The number of thiol groups is 1. The monoisotopic (exact) mass is 974 g/mol. The molecule has 1 heterocycles. The summed E-state index contributed by atoms with van der Waals surface area (Å²) in [6, 6.07) is -9.17. The lowest BCUT2D eigenvalue weighted by Crippen LogP contribution is -2.60.